The quantitative estimate of drug-likeness (QED) is 0.528. The van der Waals surface area contributed by atoms with Crippen LogP contribution in [0.4, 0.5) is 11.6 Å². The number of carbonyl (C=O) groups excluding carboxylic acids is 1. The molecule has 1 aliphatic heterocycles. The Kier molecular flexibility index (Phi) is 7.15. The van der Waals surface area contributed by atoms with Crippen molar-refractivity contribution in [3.8, 4) is 11.1 Å². The Hall–Kier alpha value is -3.21. The van der Waals surface area contributed by atoms with Crippen LogP contribution in [-0.2, 0) is 11.2 Å². The lowest BCUT2D eigenvalue weighted by molar-refractivity contribution is -0.120. The molecule has 166 valence electrons. The van der Waals surface area contributed by atoms with E-state index < -0.39 is 0 Å². The maximum absolute atomic E-state index is 12.9. The Balaban J connectivity index is 1.36. The van der Waals surface area contributed by atoms with Crippen LogP contribution in [-0.4, -0.2) is 29.0 Å². The van der Waals surface area contributed by atoms with Crippen molar-refractivity contribution in [2.24, 2.45) is 5.92 Å². The van der Waals surface area contributed by atoms with Crippen LogP contribution in [0.25, 0.3) is 11.1 Å². The Morgan fingerprint density at radius 3 is 2.44 bits per heavy atom. The summed E-state index contributed by atoms with van der Waals surface area (Å²) in [5.41, 5.74) is 5.53. The van der Waals surface area contributed by atoms with Crippen molar-refractivity contribution in [2.45, 2.75) is 46.0 Å². The third kappa shape index (κ3) is 5.52. The number of aryl methyl sites for hydroxylation is 2. The molecule has 1 aromatic heterocycles. The van der Waals surface area contributed by atoms with Crippen molar-refractivity contribution in [2.75, 3.05) is 23.3 Å². The molecule has 1 amide bonds. The van der Waals surface area contributed by atoms with Gasteiger partial charge in [0.2, 0.25) is 11.9 Å². The molecule has 1 saturated heterocycles. The second-order valence-electron chi connectivity index (χ2n) is 8.71. The van der Waals surface area contributed by atoms with Gasteiger partial charge in [-0.15, -0.1) is 0 Å². The first-order valence-corrected chi connectivity index (χ1v) is 11.7. The number of benzene rings is 2. The van der Waals surface area contributed by atoms with Crippen LogP contribution in [0.15, 0.2) is 60.9 Å². The second-order valence-corrected chi connectivity index (χ2v) is 8.71. The summed E-state index contributed by atoms with van der Waals surface area (Å²) in [6.45, 7) is 5.80. The molecule has 1 fully saturated rings. The average molecular weight is 429 g/mol. The number of nitrogens with one attached hydrogen (secondary N) is 1. The first-order valence-electron chi connectivity index (χ1n) is 11.7. The highest BCUT2D eigenvalue weighted by Crippen LogP contribution is 2.24. The summed E-state index contributed by atoms with van der Waals surface area (Å²) in [4.78, 5) is 24.2. The smallest absolute Gasteiger partial charge is 0.229 e. The summed E-state index contributed by atoms with van der Waals surface area (Å²) >= 11 is 0. The fraction of sp³-hybridized carbons (Fsp3) is 0.370. The van der Waals surface area contributed by atoms with E-state index >= 15 is 0 Å². The van der Waals surface area contributed by atoms with E-state index in [0.717, 1.165) is 42.6 Å². The maximum Gasteiger partial charge on any atom is 0.229 e. The van der Waals surface area contributed by atoms with Gasteiger partial charge in [0, 0.05) is 36.7 Å². The Morgan fingerprint density at radius 2 is 1.75 bits per heavy atom. The van der Waals surface area contributed by atoms with Gasteiger partial charge in [0.25, 0.3) is 0 Å². The van der Waals surface area contributed by atoms with Gasteiger partial charge in [-0.2, -0.15) is 0 Å². The number of hydrogen-bond acceptors (Lipinski definition) is 4. The van der Waals surface area contributed by atoms with Crippen molar-refractivity contribution in [3.05, 3.63) is 72.1 Å². The summed E-state index contributed by atoms with van der Waals surface area (Å²) in [5.74, 6) is 0.704. The zero-order valence-corrected chi connectivity index (χ0v) is 19.1. The lowest BCUT2D eigenvalue weighted by atomic mass is 9.97. The molecule has 1 atom stereocenters. The molecule has 1 aliphatic rings. The van der Waals surface area contributed by atoms with Gasteiger partial charge < -0.3 is 10.2 Å². The van der Waals surface area contributed by atoms with Crippen LogP contribution in [0.1, 0.15) is 43.7 Å². The molecule has 5 nitrogen and oxygen atoms in total. The van der Waals surface area contributed by atoms with Gasteiger partial charge in [0.05, 0.1) is 5.92 Å². The highest BCUT2D eigenvalue weighted by atomic mass is 16.1. The van der Waals surface area contributed by atoms with Gasteiger partial charge in [-0.1, -0.05) is 55.3 Å². The van der Waals surface area contributed by atoms with Gasteiger partial charge in [0.1, 0.15) is 0 Å². The number of carbonyl (C=O) groups is 1. The van der Waals surface area contributed by atoms with E-state index in [-0.39, 0.29) is 11.8 Å². The highest BCUT2D eigenvalue weighted by molar-refractivity contribution is 5.93. The topological polar surface area (TPSA) is 58.1 Å². The summed E-state index contributed by atoms with van der Waals surface area (Å²) in [7, 11) is 0. The van der Waals surface area contributed by atoms with E-state index in [2.05, 4.69) is 70.4 Å². The summed E-state index contributed by atoms with van der Waals surface area (Å²) in [6, 6.07) is 16.6. The van der Waals surface area contributed by atoms with E-state index in [4.69, 9.17) is 0 Å². The summed E-state index contributed by atoms with van der Waals surface area (Å²) in [6.07, 6.45) is 9.06. The third-order valence-corrected chi connectivity index (χ3v) is 6.14. The largest absolute Gasteiger partial charge is 0.340 e. The molecule has 0 unspecified atom stereocenters. The van der Waals surface area contributed by atoms with E-state index in [1.807, 2.05) is 24.5 Å². The van der Waals surface area contributed by atoms with Gasteiger partial charge in [0.15, 0.2) is 0 Å². The van der Waals surface area contributed by atoms with Crippen molar-refractivity contribution in [1.29, 1.82) is 0 Å². The fourth-order valence-electron chi connectivity index (χ4n) is 4.13. The fourth-order valence-corrected chi connectivity index (χ4v) is 4.13. The van der Waals surface area contributed by atoms with Crippen molar-refractivity contribution >= 4 is 17.5 Å². The standard InChI is InChI=1S/C27H32N4O/c1-3-4-6-21-10-14-25(15-11-21)30-26(32)23-7-5-16-31(19-23)27-28-17-24(18-29-27)22-12-8-20(2)9-13-22/h8-15,17-18,23H,3-7,16,19H2,1-2H3,(H,30,32)/t23-/m1/s1. The minimum absolute atomic E-state index is 0.0658. The zero-order valence-electron chi connectivity index (χ0n) is 19.1. The summed E-state index contributed by atoms with van der Waals surface area (Å²) in [5, 5.41) is 3.10. The number of amides is 1. The predicted molar refractivity (Wildman–Crippen MR) is 131 cm³/mol. The SMILES string of the molecule is CCCCc1ccc(NC(=O)[C@@H]2CCCN(c3ncc(-c4ccc(C)cc4)cn3)C2)cc1. The molecule has 0 spiro atoms. The first-order chi connectivity index (χ1) is 15.6. The van der Waals surface area contributed by atoms with E-state index in [1.54, 1.807) is 0 Å². The monoisotopic (exact) mass is 428 g/mol. The first kappa shape index (κ1) is 22.0. The predicted octanol–water partition coefficient (Wildman–Crippen LogP) is 5.65. The van der Waals surface area contributed by atoms with Crippen LogP contribution in [0.3, 0.4) is 0 Å². The molecular weight excluding hydrogens is 396 g/mol. The van der Waals surface area contributed by atoms with Crippen LogP contribution in [0.5, 0.6) is 0 Å². The molecule has 3 aromatic rings. The van der Waals surface area contributed by atoms with Crippen LogP contribution in [0.2, 0.25) is 0 Å². The molecule has 2 heterocycles. The van der Waals surface area contributed by atoms with Gasteiger partial charge in [-0.25, -0.2) is 9.97 Å². The number of anilines is 2. The van der Waals surface area contributed by atoms with E-state index in [1.165, 1.54) is 24.0 Å². The third-order valence-electron chi connectivity index (χ3n) is 6.14. The van der Waals surface area contributed by atoms with Crippen molar-refractivity contribution < 1.29 is 4.79 Å². The van der Waals surface area contributed by atoms with E-state index in [9.17, 15) is 4.79 Å². The Morgan fingerprint density at radius 1 is 1.03 bits per heavy atom. The molecule has 0 saturated carbocycles. The molecule has 2 aromatic carbocycles. The number of unbranched alkanes of at least 4 members (excludes halogenated alkanes) is 1. The second kappa shape index (κ2) is 10.4. The normalized spacial score (nSPS) is 16.1. The molecule has 0 bridgehead atoms. The van der Waals surface area contributed by atoms with Gasteiger partial charge in [-0.05, 0) is 55.9 Å². The van der Waals surface area contributed by atoms with Crippen molar-refractivity contribution in [1.82, 2.24) is 9.97 Å². The van der Waals surface area contributed by atoms with E-state index in [0.29, 0.717) is 12.5 Å². The minimum atomic E-state index is -0.0658. The molecule has 32 heavy (non-hydrogen) atoms. The molecule has 1 N–H and O–H groups in total. The number of nitrogens with zero attached hydrogens (tertiary/aromatic N) is 3. The summed E-state index contributed by atoms with van der Waals surface area (Å²) < 4.78 is 0. The van der Waals surface area contributed by atoms with Crippen LogP contribution in [0, 0.1) is 12.8 Å². The van der Waals surface area contributed by atoms with Gasteiger partial charge in [-0.3, -0.25) is 4.79 Å². The lowest BCUT2D eigenvalue weighted by Gasteiger charge is -2.32. The van der Waals surface area contributed by atoms with Gasteiger partial charge >= 0.3 is 0 Å². The number of piperidine rings is 1. The highest BCUT2D eigenvalue weighted by Gasteiger charge is 2.27. The molecular formula is C27H32N4O. The van der Waals surface area contributed by atoms with Crippen LogP contribution < -0.4 is 10.2 Å². The minimum Gasteiger partial charge on any atom is -0.340 e. The Bertz CT molecular complexity index is 1010. The molecule has 0 radical (unpaired) electrons. The Labute approximate surface area is 190 Å². The average Bonchev–Trinajstić information content (AvgIpc) is 2.84. The molecule has 5 heteroatoms. The number of aromatic nitrogens is 2. The van der Waals surface area contributed by atoms with Crippen LogP contribution >= 0.6 is 0 Å². The lowest BCUT2D eigenvalue weighted by Crippen LogP contribution is -2.41. The number of hydrogen-bond donors (Lipinski definition) is 1. The number of rotatable bonds is 7. The zero-order chi connectivity index (χ0) is 22.3. The maximum atomic E-state index is 12.9. The molecule has 0 aliphatic carbocycles. The molecule has 4 rings (SSSR count). The van der Waals surface area contributed by atoms with Crippen molar-refractivity contribution in [3.63, 3.8) is 0 Å².